The van der Waals surface area contributed by atoms with Gasteiger partial charge in [-0.15, -0.1) is 11.6 Å². The molecule has 4 fully saturated rings. The fourth-order valence-electron chi connectivity index (χ4n) is 21.7. The number of pyridine rings is 8. The largest absolute Gasteiger partial charge is 0.397 e. The van der Waals surface area contributed by atoms with E-state index < -0.39 is 9.84 Å². The number of nitrogen functional groups attached to an aromatic ring is 4. The summed E-state index contributed by atoms with van der Waals surface area (Å²) in [7, 11) is -1.42. The monoisotopic (exact) mass is 2000 g/mol. The van der Waals surface area contributed by atoms with Crippen LogP contribution in [0, 0.1) is 23.7 Å². The Labute approximate surface area is 864 Å². The number of likely N-dealkylation sites (tertiary alicyclic amines) is 3. The van der Waals surface area contributed by atoms with Crippen LogP contribution in [0.25, 0.3) is 156 Å². The molecule has 27 heteroatoms. The number of anilines is 4. The summed E-state index contributed by atoms with van der Waals surface area (Å²) in [6.07, 6.45) is 21.8. The van der Waals surface area contributed by atoms with Gasteiger partial charge in [0, 0.05) is 176 Å². The van der Waals surface area contributed by atoms with Crippen LogP contribution >= 0.6 is 11.6 Å². The van der Waals surface area contributed by atoms with Crippen molar-refractivity contribution in [3.8, 4) is 90.1 Å². The van der Waals surface area contributed by atoms with E-state index in [1.54, 1.807) is 14.0 Å². The summed E-state index contributed by atoms with van der Waals surface area (Å²) in [6.45, 7) is 6.43. The molecule has 4 aliphatic rings. The van der Waals surface area contributed by atoms with E-state index in [0.717, 1.165) is 308 Å². The van der Waals surface area contributed by atoms with E-state index in [4.69, 9.17) is 79.1 Å². The molecule has 8 N–H and O–H groups in total. The summed E-state index contributed by atoms with van der Waals surface area (Å²) in [5.74, 6) is 6.05. The number of carbonyl (C=O) groups is 3. The Morgan fingerprint density at radius 2 is 0.574 bits per heavy atom. The molecule has 3 saturated heterocycles. The number of ether oxygens (including phenoxy) is 1. The zero-order valence-electron chi connectivity index (χ0n) is 83.2. The molecule has 1 aliphatic carbocycles. The van der Waals surface area contributed by atoms with Gasteiger partial charge in [-0.2, -0.15) is 0 Å². The van der Waals surface area contributed by atoms with Gasteiger partial charge >= 0.3 is 0 Å². The van der Waals surface area contributed by atoms with Crippen LogP contribution in [0.4, 0.5) is 22.7 Å². The second-order valence-corrected chi connectivity index (χ2v) is 42.2. The number of methoxy groups -OCH3 is 1. The van der Waals surface area contributed by atoms with E-state index in [-0.39, 0.29) is 35.5 Å². The van der Waals surface area contributed by atoms with Crippen LogP contribution in [0.5, 0.6) is 0 Å². The minimum atomic E-state index is -2.98. The Morgan fingerprint density at radius 1 is 0.318 bits per heavy atom. The molecular weight excluding hydrogens is 1880 g/mol. The standard InChI is InChI=1S/C31H31N5O2.C30H28ClN5O.C30H29N5O.C30H30N4O2S/c1-38-20-29(37)35-16-13-21(14-17-35)18-28-34-30(31-25(32)8-5-15-36(28)31)24-10-9-23-11-12-26(33-27(23)19-24)22-6-3-2-4-7-22;31-19-28(37)35-15-12-20(13-16-35)17-27-34-29(30-24(32)7-4-14-36(27)30)23-9-8-22-10-11-25(33-26(22)18-23)21-5-2-1-3-6-21;1-20(36)34-16-13-21(14-17-34)18-28-33-29(30-25(31)8-5-15-35(28)30)24-10-9-23-11-12-26(32-27(23)19-24)22-6-3-2-4-7-22;1-37(35,36)24-14-9-20(10-15-24)18-28-33-29(30-25(31)8-5-17-34(28)30)23-12-11-22-13-16-26(32-27(22)19-23)21-6-3-2-4-7-21/h2-12,15,19,21H,13-14,16-18,20,32H2,1H3;1-11,14,18,20H,12-13,15-17,19,32H2;2-12,15,19,21H,13-14,16-18,31H2,1H3;2-8,11-13,16-17,19-20,24H,9-10,14-15,18,31H2,1H3. The predicted octanol–water partition coefficient (Wildman–Crippen LogP) is 22.6. The molecule has 15 heterocycles. The third-order valence-corrected chi connectivity index (χ3v) is 31.8. The maximum atomic E-state index is 12.2. The summed E-state index contributed by atoms with van der Waals surface area (Å²) < 4.78 is 37.5. The molecule has 8 aromatic carbocycles. The number of halogens is 1. The van der Waals surface area contributed by atoms with Gasteiger partial charge in [-0.05, 0) is 185 Å². The molecular formula is C121H118ClN19O6S. The molecule has 148 heavy (non-hydrogen) atoms. The van der Waals surface area contributed by atoms with Gasteiger partial charge in [-0.3, -0.25) is 14.4 Å². The van der Waals surface area contributed by atoms with Gasteiger partial charge in [0.1, 0.15) is 45.6 Å². The van der Waals surface area contributed by atoms with E-state index in [0.29, 0.717) is 46.4 Å². The molecule has 24 rings (SSSR count). The Morgan fingerprint density at radius 3 is 0.831 bits per heavy atom. The lowest BCUT2D eigenvalue weighted by Gasteiger charge is -2.31. The first-order valence-electron chi connectivity index (χ1n) is 51.1. The van der Waals surface area contributed by atoms with Gasteiger partial charge in [0.05, 0.1) is 118 Å². The van der Waals surface area contributed by atoms with Gasteiger partial charge in [-0.1, -0.05) is 194 Å². The maximum absolute atomic E-state index is 12.2. The minimum Gasteiger partial charge on any atom is -0.397 e. The van der Waals surface area contributed by atoms with Crippen LogP contribution in [0.3, 0.4) is 0 Å². The fourth-order valence-corrected chi connectivity index (χ4v) is 23.0. The third-order valence-electron chi connectivity index (χ3n) is 29.9. The number of nitrogens with two attached hydrogens (primary N) is 4. The smallest absolute Gasteiger partial charge is 0.248 e. The zero-order valence-corrected chi connectivity index (χ0v) is 84.8. The number of carbonyl (C=O) groups excluding carboxylic acids is 3. The molecule has 3 amide bonds. The summed E-state index contributed by atoms with van der Waals surface area (Å²) >= 11 is 5.75. The highest BCUT2D eigenvalue weighted by Crippen LogP contribution is 2.42. The molecule has 0 unspecified atom stereocenters. The molecule has 0 bridgehead atoms. The first-order valence-corrected chi connectivity index (χ1v) is 53.6. The molecule has 746 valence electrons. The Bertz CT molecular complexity index is 8420. The second kappa shape index (κ2) is 43.3. The number of hydrogen-bond acceptors (Lipinski definition) is 18. The average Bonchev–Trinajstić information content (AvgIpc) is 1.62. The number of hydrogen-bond donors (Lipinski definition) is 4. The normalized spacial score (nSPS) is 15.4. The third kappa shape index (κ3) is 21.2. The SMILES string of the molecule is CC(=O)N1CCC(Cc2nc(-c3ccc4ccc(-c5ccccc5)nc4c3)c3c(N)cccn23)CC1.COCC(=O)N1CCC(Cc2nc(-c3ccc4ccc(-c5ccccc5)nc4c3)c3c(N)cccn23)CC1.CS(=O)(=O)C1CCC(Cc2nc(-c3ccc4ccc(-c5ccccc5)nc4c3)c3c(N)cccn23)CC1.Nc1cccn2c(CC3CCN(C(=O)CCl)CC3)nc(-c3ccc4ccc(-c5ccccc5)nc4c3)c12. The van der Waals surface area contributed by atoms with Crippen LogP contribution in [0.15, 0.2) is 316 Å². The van der Waals surface area contributed by atoms with Crippen LogP contribution in [-0.2, 0) is 54.6 Å². The molecule has 0 radical (unpaired) electrons. The molecule has 0 spiro atoms. The lowest BCUT2D eigenvalue weighted by Crippen LogP contribution is -2.40. The maximum Gasteiger partial charge on any atom is 0.248 e. The average molecular weight is 2000 g/mol. The number of piperidine rings is 3. The number of alkyl halides is 1. The van der Waals surface area contributed by atoms with Gasteiger partial charge in [-0.25, -0.2) is 48.3 Å². The van der Waals surface area contributed by atoms with Crippen molar-refractivity contribution < 1.29 is 27.5 Å². The van der Waals surface area contributed by atoms with Gasteiger partial charge in [0.15, 0.2) is 0 Å². The molecule has 12 aromatic heterocycles. The number of sulfone groups is 1. The first-order chi connectivity index (χ1) is 72.1. The summed E-state index contributed by atoms with van der Waals surface area (Å²) in [5.41, 5.74) is 51.7. The second-order valence-electron chi connectivity index (χ2n) is 39.6. The minimum absolute atomic E-state index is 0.0155. The molecule has 25 nitrogen and oxygen atoms in total. The van der Waals surface area contributed by atoms with Crippen molar-refractivity contribution >= 4 is 128 Å². The lowest BCUT2D eigenvalue weighted by molar-refractivity contribution is -0.136. The Hall–Kier alpha value is -16.0. The lowest BCUT2D eigenvalue weighted by atomic mass is 9.86. The van der Waals surface area contributed by atoms with Gasteiger partial charge in [0.2, 0.25) is 17.7 Å². The molecule has 1 saturated carbocycles. The van der Waals surface area contributed by atoms with Crippen molar-refractivity contribution in [3.05, 3.63) is 339 Å². The Kier molecular flexibility index (Phi) is 28.7. The van der Waals surface area contributed by atoms with Crippen molar-refractivity contribution in [3.63, 3.8) is 0 Å². The number of nitrogens with zero attached hydrogens (tertiary/aromatic N) is 15. The Balaban J connectivity index is 0.000000116. The summed E-state index contributed by atoms with van der Waals surface area (Å²) in [6, 6.07) is 98.3. The topological polar surface area (TPSA) is 329 Å². The molecule has 0 atom stereocenters. The van der Waals surface area contributed by atoms with Crippen molar-refractivity contribution in [1.82, 2.24) is 72.2 Å². The molecule has 3 aliphatic heterocycles. The molecule has 20 aromatic rings. The van der Waals surface area contributed by atoms with Crippen LogP contribution in [0.1, 0.15) is 94.4 Å². The highest BCUT2D eigenvalue weighted by atomic mass is 35.5. The number of aromatic nitrogens is 12. The van der Waals surface area contributed by atoms with Crippen LogP contribution in [0.2, 0.25) is 0 Å². The quantitative estimate of drug-likeness (QED) is 0.0515. The van der Waals surface area contributed by atoms with Crippen molar-refractivity contribution in [2.45, 2.75) is 102 Å². The van der Waals surface area contributed by atoms with E-state index in [2.05, 4.69) is 194 Å². The number of benzene rings is 8. The van der Waals surface area contributed by atoms with Gasteiger partial charge < -0.3 is 60.0 Å². The highest BCUT2D eigenvalue weighted by molar-refractivity contribution is 7.91. The van der Waals surface area contributed by atoms with E-state index >= 15 is 0 Å². The van der Waals surface area contributed by atoms with Gasteiger partial charge in [0.25, 0.3) is 0 Å². The van der Waals surface area contributed by atoms with Crippen molar-refractivity contribution in [2.75, 3.05) is 88.1 Å². The van der Waals surface area contributed by atoms with Crippen molar-refractivity contribution in [1.29, 1.82) is 0 Å². The van der Waals surface area contributed by atoms with E-state index in [1.807, 2.05) is 155 Å². The highest BCUT2D eigenvalue weighted by Gasteiger charge is 2.33. The summed E-state index contributed by atoms with van der Waals surface area (Å²) in [4.78, 5) is 81.9. The number of rotatable bonds is 20. The number of amides is 3. The zero-order chi connectivity index (χ0) is 102. The van der Waals surface area contributed by atoms with E-state index in [9.17, 15) is 22.8 Å². The number of fused-ring (bicyclic) bond motifs is 8. The number of imidazole rings is 4. The fraction of sp³-hybridized carbons (Fsp3) is 0.248. The van der Waals surface area contributed by atoms with Crippen LogP contribution in [-0.4, -0.2) is 169 Å². The van der Waals surface area contributed by atoms with Crippen molar-refractivity contribution in [2.24, 2.45) is 23.7 Å². The van der Waals surface area contributed by atoms with E-state index in [1.165, 1.54) is 6.26 Å². The first kappa shape index (κ1) is 98.0. The summed E-state index contributed by atoms with van der Waals surface area (Å²) in [5, 5.41) is 4.12. The van der Waals surface area contributed by atoms with Crippen LogP contribution < -0.4 is 22.9 Å². The predicted molar refractivity (Wildman–Crippen MR) is 595 cm³/mol.